The van der Waals surface area contributed by atoms with E-state index in [-0.39, 0.29) is 23.2 Å². The van der Waals surface area contributed by atoms with Crippen molar-refractivity contribution in [1.82, 2.24) is 10.2 Å². The number of anilines is 1. The molecule has 1 aromatic rings. The van der Waals surface area contributed by atoms with Gasteiger partial charge in [0.15, 0.2) is 0 Å². The Hall–Kier alpha value is -2.32. The molecule has 1 fully saturated rings. The molecule has 0 bridgehead atoms. The van der Waals surface area contributed by atoms with Crippen LogP contribution < -0.4 is 16.4 Å². The van der Waals surface area contributed by atoms with Crippen LogP contribution in [0.2, 0.25) is 5.02 Å². The van der Waals surface area contributed by atoms with E-state index in [1.165, 1.54) is 12.1 Å². The molecule has 0 unspecified atom stereocenters. The molecule has 0 spiro atoms. The van der Waals surface area contributed by atoms with Crippen LogP contribution in [-0.4, -0.2) is 55.6 Å². The molecule has 4 N–H and O–H groups in total. The maximum Gasteiger partial charge on any atom is 0.319 e. The van der Waals surface area contributed by atoms with E-state index in [2.05, 4.69) is 10.6 Å². The van der Waals surface area contributed by atoms with Gasteiger partial charge < -0.3 is 26.0 Å². The lowest BCUT2D eigenvalue weighted by molar-refractivity contribution is -0.117. The molecule has 1 heterocycles. The summed E-state index contributed by atoms with van der Waals surface area (Å²) < 4.78 is 5.21. The summed E-state index contributed by atoms with van der Waals surface area (Å²) in [6.45, 7) is 1.74. The molecule has 0 aliphatic carbocycles. The van der Waals surface area contributed by atoms with Gasteiger partial charge in [0.2, 0.25) is 5.91 Å². The fourth-order valence-electron chi connectivity index (χ4n) is 2.04. The summed E-state index contributed by atoms with van der Waals surface area (Å²) >= 11 is 6.01. The Morgan fingerprint density at radius 1 is 1.26 bits per heavy atom. The quantitative estimate of drug-likeness (QED) is 0.737. The van der Waals surface area contributed by atoms with E-state index in [4.69, 9.17) is 22.1 Å². The summed E-state index contributed by atoms with van der Waals surface area (Å²) in [7, 11) is 0. The number of carbonyl (C=O) groups is 3. The monoisotopic (exact) mass is 340 g/mol. The Balaban J connectivity index is 2.07. The summed E-state index contributed by atoms with van der Waals surface area (Å²) in [6, 6.07) is 3.97. The van der Waals surface area contributed by atoms with Gasteiger partial charge >= 0.3 is 6.03 Å². The Morgan fingerprint density at radius 3 is 2.61 bits per heavy atom. The molecule has 1 aliphatic heterocycles. The lowest BCUT2D eigenvalue weighted by Crippen LogP contribution is -2.40. The second kappa shape index (κ2) is 7.80. The van der Waals surface area contributed by atoms with E-state index in [0.717, 1.165) is 0 Å². The molecule has 2 rings (SSSR count). The molecule has 0 atom stereocenters. The fourth-order valence-corrected chi connectivity index (χ4v) is 2.20. The van der Waals surface area contributed by atoms with Crippen molar-refractivity contribution in [1.29, 1.82) is 0 Å². The molecule has 8 nitrogen and oxygen atoms in total. The topological polar surface area (TPSA) is 114 Å². The van der Waals surface area contributed by atoms with Crippen LogP contribution in [0.15, 0.2) is 18.2 Å². The van der Waals surface area contributed by atoms with Crippen LogP contribution in [-0.2, 0) is 9.53 Å². The minimum absolute atomic E-state index is 0.162. The summed E-state index contributed by atoms with van der Waals surface area (Å²) in [6.07, 6.45) is 0. The third-order valence-electron chi connectivity index (χ3n) is 3.18. The Morgan fingerprint density at radius 2 is 1.96 bits per heavy atom. The van der Waals surface area contributed by atoms with Gasteiger partial charge in [0, 0.05) is 18.7 Å². The van der Waals surface area contributed by atoms with Crippen LogP contribution in [0.25, 0.3) is 0 Å². The predicted molar refractivity (Wildman–Crippen MR) is 84.4 cm³/mol. The predicted octanol–water partition coefficient (Wildman–Crippen LogP) is 0.419. The first-order valence-electron chi connectivity index (χ1n) is 6.97. The first-order valence-corrected chi connectivity index (χ1v) is 7.35. The smallest absolute Gasteiger partial charge is 0.319 e. The van der Waals surface area contributed by atoms with Crippen molar-refractivity contribution in [2.24, 2.45) is 5.73 Å². The van der Waals surface area contributed by atoms with Crippen LogP contribution in [0.3, 0.4) is 0 Å². The van der Waals surface area contributed by atoms with Crippen molar-refractivity contribution in [3.63, 3.8) is 0 Å². The second-order valence-corrected chi connectivity index (χ2v) is 5.28. The van der Waals surface area contributed by atoms with E-state index in [0.29, 0.717) is 31.9 Å². The molecule has 0 radical (unpaired) electrons. The average Bonchev–Trinajstić information content (AvgIpc) is 2.55. The van der Waals surface area contributed by atoms with E-state index < -0.39 is 11.9 Å². The van der Waals surface area contributed by atoms with Crippen molar-refractivity contribution in [2.75, 3.05) is 38.2 Å². The number of hydrogen-bond donors (Lipinski definition) is 3. The molecular weight excluding hydrogens is 324 g/mol. The number of nitrogens with two attached hydrogens (primary N) is 1. The number of rotatable bonds is 4. The Kier molecular flexibility index (Phi) is 5.78. The van der Waals surface area contributed by atoms with E-state index in [9.17, 15) is 14.4 Å². The number of urea groups is 1. The molecule has 9 heteroatoms. The zero-order valence-corrected chi connectivity index (χ0v) is 13.1. The van der Waals surface area contributed by atoms with Gasteiger partial charge in [0.25, 0.3) is 5.91 Å². The van der Waals surface area contributed by atoms with Gasteiger partial charge in [-0.15, -0.1) is 0 Å². The number of carbonyl (C=O) groups excluding carboxylic acids is 3. The van der Waals surface area contributed by atoms with Crippen LogP contribution >= 0.6 is 11.6 Å². The SMILES string of the molecule is NC(=O)CNC(=O)Nc1cc(C(=O)N2CCOCC2)ccc1Cl. The largest absolute Gasteiger partial charge is 0.378 e. The van der Waals surface area contributed by atoms with Gasteiger partial charge in [-0.1, -0.05) is 11.6 Å². The number of halogens is 1. The second-order valence-electron chi connectivity index (χ2n) is 4.87. The minimum Gasteiger partial charge on any atom is -0.378 e. The number of amides is 4. The average molecular weight is 341 g/mol. The van der Waals surface area contributed by atoms with Crippen molar-refractivity contribution >= 4 is 35.1 Å². The lowest BCUT2D eigenvalue weighted by atomic mass is 10.1. The zero-order chi connectivity index (χ0) is 16.8. The van der Waals surface area contributed by atoms with Gasteiger partial charge in [0.1, 0.15) is 0 Å². The standard InChI is InChI=1S/C14H17ClN4O4/c15-10-2-1-9(13(21)19-3-5-23-6-4-19)7-11(10)18-14(22)17-8-12(16)20/h1-2,7H,3-6,8H2,(H2,16,20)(H2,17,18,22). The van der Waals surface area contributed by atoms with Crippen molar-refractivity contribution in [3.05, 3.63) is 28.8 Å². The highest BCUT2D eigenvalue weighted by atomic mass is 35.5. The highest BCUT2D eigenvalue weighted by Gasteiger charge is 2.19. The van der Waals surface area contributed by atoms with Crippen LogP contribution in [0.4, 0.5) is 10.5 Å². The molecule has 23 heavy (non-hydrogen) atoms. The third kappa shape index (κ3) is 4.83. The van der Waals surface area contributed by atoms with Crippen molar-refractivity contribution in [3.8, 4) is 0 Å². The fraction of sp³-hybridized carbons (Fsp3) is 0.357. The number of hydrogen-bond acceptors (Lipinski definition) is 4. The number of morpholine rings is 1. The lowest BCUT2D eigenvalue weighted by Gasteiger charge is -2.27. The van der Waals surface area contributed by atoms with E-state index >= 15 is 0 Å². The Bertz CT molecular complexity index is 617. The summed E-state index contributed by atoms with van der Waals surface area (Å²) in [5.41, 5.74) is 5.62. The van der Waals surface area contributed by atoms with Crippen LogP contribution in [0, 0.1) is 0 Å². The van der Waals surface area contributed by atoms with Crippen molar-refractivity contribution in [2.45, 2.75) is 0 Å². The normalized spacial score (nSPS) is 14.2. The van der Waals surface area contributed by atoms with E-state index in [1.807, 2.05) is 0 Å². The zero-order valence-electron chi connectivity index (χ0n) is 12.3. The molecule has 0 saturated carbocycles. The van der Waals surface area contributed by atoms with Crippen LogP contribution in [0.1, 0.15) is 10.4 Å². The number of benzene rings is 1. The number of nitrogens with zero attached hydrogens (tertiary/aromatic N) is 1. The summed E-state index contributed by atoms with van der Waals surface area (Å²) in [5.74, 6) is -0.826. The Labute approximate surface area is 137 Å². The van der Waals surface area contributed by atoms with Gasteiger partial charge in [-0.25, -0.2) is 4.79 Å². The highest BCUT2D eigenvalue weighted by molar-refractivity contribution is 6.33. The summed E-state index contributed by atoms with van der Waals surface area (Å²) in [5, 5.41) is 5.03. The number of primary amides is 1. The summed E-state index contributed by atoms with van der Waals surface area (Å²) in [4.78, 5) is 36.4. The maximum atomic E-state index is 12.4. The van der Waals surface area contributed by atoms with Gasteiger partial charge in [-0.05, 0) is 18.2 Å². The molecular formula is C14H17ClN4O4. The highest BCUT2D eigenvalue weighted by Crippen LogP contribution is 2.24. The first-order chi connectivity index (χ1) is 11.0. The molecule has 0 aromatic heterocycles. The van der Waals surface area contributed by atoms with Gasteiger partial charge in [0.05, 0.1) is 30.5 Å². The third-order valence-corrected chi connectivity index (χ3v) is 3.51. The van der Waals surface area contributed by atoms with Crippen LogP contribution in [0.5, 0.6) is 0 Å². The van der Waals surface area contributed by atoms with E-state index in [1.54, 1.807) is 11.0 Å². The van der Waals surface area contributed by atoms with Crippen molar-refractivity contribution < 1.29 is 19.1 Å². The molecule has 1 aromatic carbocycles. The number of ether oxygens (including phenoxy) is 1. The molecule has 1 aliphatic rings. The molecule has 124 valence electrons. The molecule has 1 saturated heterocycles. The van der Waals surface area contributed by atoms with Gasteiger partial charge in [-0.2, -0.15) is 0 Å². The van der Waals surface area contributed by atoms with Gasteiger partial charge in [-0.3, -0.25) is 9.59 Å². The minimum atomic E-state index is -0.664. The maximum absolute atomic E-state index is 12.4. The number of nitrogens with one attached hydrogen (secondary N) is 2. The molecule has 4 amide bonds. The first kappa shape index (κ1) is 17.0.